The van der Waals surface area contributed by atoms with Gasteiger partial charge in [0.25, 0.3) is 0 Å². The summed E-state index contributed by atoms with van der Waals surface area (Å²) in [6, 6.07) is 8.42. The zero-order valence-electron chi connectivity index (χ0n) is 9.46. The molecule has 0 radical (unpaired) electrons. The Hall–Kier alpha value is -2.55. The SMILES string of the molecule is N#Cc1ccc(NCC(CC(=O)O)C(=O)O)cc1. The van der Waals surface area contributed by atoms with Crippen LogP contribution in [0.1, 0.15) is 12.0 Å². The number of aliphatic carboxylic acids is 2. The van der Waals surface area contributed by atoms with Gasteiger partial charge in [-0.3, -0.25) is 9.59 Å². The first-order valence-corrected chi connectivity index (χ1v) is 5.21. The highest BCUT2D eigenvalue weighted by Crippen LogP contribution is 2.11. The molecule has 0 spiro atoms. The van der Waals surface area contributed by atoms with Crippen molar-refractivity contribution in [2.75, 3.05) is 11.9 Å². The lowest BCUT2D eigenvalue weighted by atomic mass is 10.1. The fourth-order valence-corrected chi connectivity index (χ4v) is 1.36. The number of carboxylic acids is 2. The molecule has 0 amide bonds. The van der Waals surface area contributed by atoms with Gasteiger partial charge in [0, 0.05) is 12.2 Å². The van der Waals surface area contributed by atoms with E-state index in [1.54, 1.807) is 24.3 Å². The van der Waals surface area contributed by atoms with Crippen molar-refractivity contribution in [2.24, 2.45) is 5.92 Å². The molecule has 1 aromatic carbocycles. The van der Waals surface area contributed by atoms with Crippen molar-refractivity contribution in [1.29, 1.82) is 5.26 Å². The summed E-state index contributed by atoms with van der Waals surface area (Å²) in [5, 5.41) is 28.8. The summed E-state index contributed by atoms with van der Waals surface area (Å²) in [6.07, 6.45) is -0.432. The van der Waals surface area contributed by atoms with Crippen molar-refractivity contribution in [3.8, 4) is 6.07 Å². The number of rotatable bonds is 6. The second-order valence-corrected chi connectivity index (χ2v) is 3.70. The van der Waals surface area contributed by atoms with Gasteiger partial charge in [-0.15, -0.1) is 0 Å². The van der Waals surface area contributed by atoms with Crippen molar-refractivity contribution in [2.45, 2.75) is 6.42 Å². The normalized spacial score (nSPS) is 11.3. The maximum atomic E-state index is 10.8. The smallest absolute Gasteiger partial charge is 0.308 e. The molecular formula is C12H12N2O4. The van der Waals surface area contributed by atoms with E-state index in [0.717, 1.165) is 0 Å². The lowest BCUT2D eigenvalue weighted by Crippen LogP contribution is -2.25. The Bertz CT molecular complexity index is 476. The molecule has 0 saturated carbocycles. The average molecular weight is 248 g/mol. The number of hydrogen-bond acceptors (Lipinski definition) is 4. The van der Waals surface area contributed by atoms with Gasteiger partial charge in [-0.2, -0.15) is 5.26 Å². The molecule has 0 fully saturated rings. The maximum absolute atomic E-state index is 10.8. The van der Waals surface area contributed by atoms with Crippen molar-refractivity contribution in [3.05, 3.63) is 29.8 Å². The molecule has 0 aliphatic carbocycles. The molecule has 1 aromatic rings. The molecule has 1 rings (SSSR count). The number of carbonyl (C=O) groups is 2. The fourth-order valence-electron chi connectivity index (χ4n) is 1.36. The third kappa shape index (κ3) is 4.14. The minimum absolute atomic E-state index is 0.0214. The van der Waals surface area contributed by atoms with Crippen molar-refractivity contribution < 1.29 is 19.8 Å². The van der Waals surface area contributed by atoms with E-state index in [-0.39, 0.29) is 6.54 Å². The molecular weight excluding hydrogens is 236 g/mol. The Kier molecular flexibility index (Phi) is 4.69. The Balaban J connectivity index is 2.58. The third-order valence-electron chi connectivity index (χ3n) is 2.34. The minimum atomic E-state index is -1.15. The summed E-state index contributed by atoms with van der Waals surface area (Å²) in [6.45, 7) is 0.0214. The van der Waals surface area contributed by atoms with E-state index in [4.69, 9.17) is 15.5 Å². The first-order valence-electron chi connectivity index (χ1n) is 5.21. The first-order chi connectivity index (χ1) is 8.52. The van der Waals surface area contributed by atoms with Crippen molar-refractivity contribution >= 4 is 17.6 Å². The highest BCUT2D eigenvalue weighted by atomic mass is 16.4. The number of hydrogen-bond donors (Lipinski definition) is 3. The van der Waals surface area contributed by atoms with E-state index in [1.165, 1.54) is 0 Å². The van der Waals surface area contributed by atoms with Gasteiger partial charge in [0.1, 0.15) is 0 Å². The van der Waals surface area contributed by atoms with E-state index < -0.39 is 24.3 Å². The average Bonchev–Trinajstić information content (AvgIpc) is 2.34. The minimum Gasteiger partial charge on any atom is -0.481 e. The van der Waals surface area contributed by atoms with Gasteiger partial charge in [0.05, 0.1) is 24.0 Å². The van der Waals surface area contributed by atoms with Crippen molar-refractivity contribution in [3.63, 3.8) is 0 Å². The van der Waals surface area contributed by atoms with Gasteiger partial charge in [-0.25, -0.2) is 0 Å². The number of nitriles is 1. The van der Waals surface area contributed by atoms with E-state index in [2.05, 4.69) is 5.32 Å². The number of nitrogens with zero attached hydrogens (tertiary/aromatic N) is 1. The summed E-state index contributed by atoms with van der Waals surface area (Å²) in [5.41, 5.74) is 1.14. The molecule has 0 heterocycles. The van der Waals surface area contributed by atoms with Gasteiger partial charge in [0.2, 0.25) is 0 Å². The van der Waals surface area contributed by atoms with Crippen LogP contribution < -0.4 is 5.32 Å². The molecule has 0 aromatic heterocycles. The van der Waals surface area contributed by atoms with Gasteiger partial charge in [-0.1, -0.05) is 0 Å². The van der Waals surface area contributed by atoms with Gasteiger partial charge < -0.3 is 15.5 Å². The largest absolute Gasteiger partial charge is 0.481 e. The molecule has 3 N–H and O–H groups in total. The Morgan fingerprint density at radius 1 is 1.28 bits per heavy atom. The number of benzene rings is 1. The summed E-state index contributed by atoms with van der Waals surface area (Å²) >= 11 is 0. The quantitative estimate of drug-likeness (QED) is 0.696. The monoisotopic (exact) mass is 248 g/mol. The Labute approximate surface area is 103 Å². The maximum Gasteiger partial charge on any atom is 0.308 e. The first kappa shape index (κ1) is 13.5. The van der Waals surface area contributed by atoms with Gasteiger partial charge in [0.15, 0.2) is 0 Å². The topological polar surface area (TPSA) is 110 Å². The van der Waals surface area contributed by atoms with Crippen LogP contribution in [0.15, 0.2) is 24.3 Å². The zero-order chi connectivity index (χ0) is 13.5. The molecule has 0 aliphatic heterocycles. The highest BCUT2D eigenvalue weighted by Gasteiger charge is 2.20. The molecule has 18 heavy (non-hydrogen) atoms. The second-order valence-electron chi connectivity index (χ2n) is 3.70. The van der Waals surface area contributed by atoms with Gasteiger partial charge >= 0.3 is 11.9 Å². The molecule has 6 heteroatoms. The molecule has 94 valence electrons. The predicted molar refractivity (Wildman–Crippen MR) is 63.0 cm³/mol. The zero-order valence-corrected chi connectivity index (χ0v) is 9.46. The van der Waals surface area contributed by atoms with Crippen LogP contribution in [0.4, 0.5) is 5.69 Å². The summed E-state index contributed by atoms with van der Waals surface area (Å²) in [4.78, 5) is 21.3. The lowest BCUT2D eigenvalue weighted by molar-refractivity contribution is -0.147. The molecule has 0 bridgehead atoms. The van der Waals surface area contributed by atoms with Crippen LogP contribution in [0.25, 0.3) is 0 Å². The van der Waals surface area contributed by atoms with Crippen LogP contribution in [0.3, 0.4) is 0 Å². The number of anilines is 1. The van der Waals surface area contributed by atoms with Crippen LogP contribution in [-0.2, 0) is 9.59 Å². The molecule has 6 nitrogen and oxygen atoms in total. The van der Waals surface area contributed by atoms with Crippen LogP contribution >= 0.6 is 0 Å². The summed E-state index contributed by atoms with van der Waals surface area (Å²) in [7, 11) is 0. The van der Waals surface area contributed by atoms with E-state index >= 15 is 0 Å². The molecule has 1 unspecified atom stereocenters. The Morgan fingerprint density at radius 3 is 2.33 bits per heavy atom. The highest BCUT2D eigenvalue weighted by molar-refractivity contribution is 5.78. The van der Waals surface area contributed by atoms with Crippen LogP contribution in [0.2, 0.25) is 0 Å². The lowest BCUT2D eigenvalue weighted by Gasteiger charge is -2.12. The predicted octanol–water partition coefficient (Wildman–Crippen LogP) is 1.15. The number of nitrogens with one attached hydrogen (secondary N) is 1. The number of carboxylic acid groups (broad SMARTS) is 2. The molecule has 0 saturated heterocycles. The van der Waals surface area contributed by atoms with Crippen LogP contribution in [-0.4, -0.2) is 28.7 Å². The Morgan fingerprint density at radius 2 is 1.89 bits per heavy atom. The summed E-state index contributed by atoms with van der Waals surface area (Å²) < 4.78 is 0. The standard InChI is InChI=1S/C12H12N2O4/c13-6-8-1-3-10(4-2-8)14-7-9(12(17)18)5-11(15)16/h1-4,9,14H,5,7H2,(H,15,16)(H,17,18). The molecule has 1 atom stereocenters. The second kappa shape index (κ2) is 6.25. The fraction of sp³-hybridized carbons (Fsp3) is 0.250. The van der Waals surface area contributed by atoms with Crippen LogP contribution in [0, 0.1) is 17.2 Å². The van der Waals surface area contributed by atoms with E-state index in [0.29, 0.717) is 11.3 Å². The van der Waals surface area contributed by atoms with Crippen LogP contribution in [0.5, 0.6) is 0 Å². The molecule has 0 aliphatic rings. The summed E-state index contributed by atoms with van der Waals surface area (Å²) in [5.74, 6) is -3.29. The van der Waals surface area contributed by atoms with Crippen molar-refractivity contribution in [1.82, 2.24) is 0 Å². The van der Waals surface area contributed by atoms with E-state index in [1.807, 2.05) is 6.07 Å². The third-order valence-corrected chi connectivity index (χ3v) is 2.34. The van der Waals surface area contributed by atoms with E-state index in [9.17, 15) is 9.59 Å². The van der Waals surface area contributed by atoms with Gasteiger partial charge in [-0.05, 0) is 24.3 Å².